The van der Waals surface area contributed by atoms with E-state index in [1.165, 1.54) is 0 Å². The van der Waals surface area contributed by atoms with E-state index < -0.39 is 0 Å². The first-order chi connectivity index (χ1) is 10.1. The summed E-state index contributed by atoms with van der Waals surface area (Å²) in [6, 6.07) is 8.23. The van der Waals surface area contributed by atoms with E-state index in [1.54, 1.807) is 0 Å². The van der Waals surface area contributed by atoms with Gasteiger partial charge in [0.15, 0.2) is 0 Å². The largest absolute Gasteiger partial charge is 0.316 e. The monoisotopic (exact) mass is 325 g/mol. The van der Waals surface area contributed by atoms with Crippen molar-refractivity contribution in [3.63, 3.8) is 0 Å². The first kappa shape index (κ1) is 16.3. The predicted octanol–water partition coefficient (Wildman–Crippen LogP) is 3.89. The van der Waals surface area contributed by atoms with Crippen LogP contribution in [0.2, 0.25) is 10.0 Å². The Kier molecular flexibility index (Phi) is 5.68. The number of hydrogen-bond donors (Lipinski definition) is 1. The molecule has 21 heavy (non-hydrogen) atoms. The second-order valence-corrected chi connectivity index (χ2v) is 5.93. The third kappa shape index (κ3) is 3.79. The molecule has 0 saturated carbocycles. The first-order valence-corrected chi connectivity index (χ1v) is 7.94. The number of likely N-dealkylation sites (N-methyl/N-ethyl adjacent to an activating group) is 1. The van der Waals surface area contributed by atoms with Crippen LogP contribution in [0.15, 0.2) is 24.3 Å². The fourth-order valence-electron chi connectivity index (χ4n) is 2.50. The Morgan fingerprint density at radius 2 is 1.95 bits per heavy atom. The molecule has 0 bridgehead atoms. The van der Waals surface area contributed by atoms with E-state index in [0.29, 0.717) is 0 Å². The molecule has 0 saturated heterocycles. The zero-order chi connectivity index (χ0) is 15.4. The first-order valence-electron chi connectivity index (χ1n) is 7.19. The van der Waals surface area contributed by atoms with Gasteiger partial charge in [-0.15, -0.1) is 0 Å². The summed E-state index contributed by atoms with van der Waals surface area (Å²) in [4.78, 5) is 0. The van der Waals surface area contributed by atoms with Gasteiger partial charge in [-0.1, -0.05) is 41.4 Å². The molecule has 0 radical (unpaired) electrons. The van der Waals surface area contributed by atoms with Crippen LogP contribution in [0.4, 0.5) is 0 Å². The van der Waals surface area contributed by atoms with Crippen LogP contribution in [0.3, 0.4) is 0 Å². The Bertz CT molecular complexity index is 608. The second-order valence-electron chi connectivity index (χ2n) is 5.15. The number of halogens is 2. The van der Waals surface area contributed by atoms with E-state index in [0.717, 1.165) is 46.4 Å². The van der Waals surface area contributed by atoms with Gasteiger partial charge in [0.1, 0.15) is 0 Å². The molecule has 0 spiro atoms. The van der Waals surface area contributed by atoms with Gasteiger partial charge in [0.05, 0.1) is 16.4 Å². The van der Waals surface area contributed by atoms with Gasteiger partial charge in [-0.3, -0.25) is 4.68 Å². The van der Waals surface area contributed by atoms with E-state index in [4.69, 9.17) is 23.2 Å². The highest BCUT2D eigenvalue weighted by Gasteiger charge is 2.18. The normalized spacial score (nSPS) is 12.6. The molecule has 1 heterocycles. The molecule has 0 amide bonds. The summed E-state index contributed by atoms with van der Waals surface area (Å²) in [5.74, 6) is 0. The third-order valence-electron chi connectivity index (χ3n) is 3.72. The molecule has 2 rings (SSSR count). The number of aromatic nitrogens is 2. The van der Waals surface area contributed by atoms with Gasteiger partial charge < -0.3 is 5.32 Å². The number of hydrogen-bond acceptors (Lipinski definition) is 2. The Balaban J connectivity index is 2.18. The molecule has 1 atom stereocenters. The van der Waals surface area contributed by atoms with Gasteiger partial charge in [-0.05, 0) is 38.9 Å². The summed E-state index contributed by atoms with van der Waals surface area (Å²) in [5, 5.41) is 9.41. The molecule has 0 aliphatic heterocycles. The molecule has 114 valence electrons. The minimum Gasteiger partial charge on any atom is -0.316 e. The van der Waals surface area contributed by atoms with Crippen molar-refractivity contribution >= 4 is 23.2 Å². The molecule has 1 N–H and O–H groups in total. The van der Waals surface area contributed by atoms with Crippen LogP contribution in [0.5, 0.6) is 0 Å². The average molecular weight is 326 g/mol. The van der Waals surface area contributed by atoms with Crippen molar-refractivity contribution in [2.75, 3.05) is 7.05 Å². The Labute approximate surface area is 136 Å². The zero-order valence-electron chi connectivity index (χ0n) is 12.7. The predicted molar refractivity (Wildman–Crippen MR) is 89.4 cm³/mol. The second kappa shape index (κ2) is 7.30. The van der Waals surface area contributed by atoms with Crippen molar-refractivity contribution in [3.05, 3.63) is 51.3 Å². The minimum atomic E-state index is 0.267. The highest BCUT2D eigenvalue weighted by molar-refractivity contribution is 6.32. The fourth-order valence-corrected chi connectivity index (χ4v) is 2.93. The van der Waals surface area contributed by atoms with Crippen molar-refractivity contribution < 1.29 is 0 Å². The third-order valence-corrected chi connectivity index (χ3v) is 4.59. The van der Waals surface area contributed by atoms with Crippen LogP contribution in [0.25, 0.3) is 0 Å². The van der Waals surface area contributed by atoms with E-state index in [1.807, 2.05) is 36.9 Å². The topological polar surface area (TPSA) is 29.9 Å². The van der Waals surface area contributed by atoms with E-state index in [-0.39, 0.29) is 6.04 Å². The zero-order valence-corrected chi connectivity index (χ0v) is 14.2. The van der Waals surface area contributed by atoms with Gasteiger partial charge in [0.25, 0.3) is 0 Å². The average Bonchev–Trinajstić information content (AvgIpc) is 2.76. The Morgan fingerprint density at radius 3 is 2.57 bits per heavy atom. The maximum atomic E-state index is 6.39. The summed E-state index contributed by atoms with van der Waals surface area (Å²) in [7, 11) is 1.97. The number of aryl methyl sites for hydroxylation is 2. The van der Waals surface area contributed by atoms with Crippen molar-refractivity contribution in [2.45, 2.75) is 39.3 Å². The van der Waals surface area contributed by atoms with Crippen LogP contribution < -0.4 is 5.32 Å². The number of rotatable bonds is 6. The fraction of sp³-hybridized carbons (Fsp3) is 0.438. The summed E-state index contributed by atoms with van der Waals surface area (Å²) in [6.45, 7) is 4.85. The van der Waals surface area contributed by atoms with Crippen LogP contribution >= 0.6 is 23.2 Å². The number of nitrogens with one attached hydrogen (secondary N) is 1. The molecule has 1 unspecified atom stereocenters. The smallest absolute Gasteiger partial charge is 0.0847 e. The number of benzene rings is 1. The number of nitrogens with zero attached hydrogens (tertiary/aromatic N) is 2. The van der Waals surface area contributed by atoms with E-state index in [2.05, 4.69) is 23.4 Å². The Morgan fingerprint density at radius 1 is 1.24 bits per heavy atom. The standard InChI is InChI=1S/C16H21Cl2N3/c1-4-21-15(16(18)11(2)20-21)10-13(19-3)9-12-7-5-6-8-14(12)17/h5-8,13,19H,4,9-10H2,1-3H3. The summed E-state index contributed by atoms with van der Waals surface area (Å²) >= 11 is 12.6. The minimum absolute atomic E-state index is 0.267. The van der Waals surface area contributed by atoms with E-state index >= 15 is 0 Å². The van der Waals surface area contributed by atoms with Gasteiger partial charge in [0, 0.05) is 24.0 Å². The molecule has 0 fully saturated rings. The lowest BCUT2D eigenvalue weighted by Gasteiger charge is -2.18. The van der Waals surface area contributed by atoms with Crippen molar-refractivity contribution in [3.8, 4) is 0 Å². The summed E-state index contributed by atoms with van der Waals surface area (Å²) in [6.07, 6.45) is 1.69. The van der Waals surface area contributed by atoms with Crippen LogP contribution in [-0.4, -0.2) is 22.9 Å². The lowest BCUT2D eigenvalue weighted by molar-refractivity contribution is 0.520. The maximum Gasteiger partial charge on any atom is 0.0847 e. The van der Waals surface area contributed by atoms with Gasteiger partial charge in [-0.2, -0.15) is 5.10 Å². The molecule has 1 aromatic carbocycles. The van der Waals surface area contributed by atoms with Crippen LogP contribution in [0, 0.1) is 6.92 Å². The van der Waals surface area contributed by atoms with Gasteiger partial charge >= 0.3 is 0 Å². The molecule has 0 aliphatic carbocycles. The summed E-state index contributed by atoms with van der Waals surface area (Å²) in [5.41, 5.74) is 3.12. The molecular formula is C16H21Cl2N3. The molecule has 0 aliphatic rings. The van der Waals surface area contributed by atoms with Gasteiger partial charge in [0.2, 0.25) is 0 Å². The van der Waals surface area contributed by atoms with Crippen molar-refractivity contribution in [2.24, 2.45) is 0 Å². The molecule has 5 heteroatoms. The van der Waals surface area contributed by atoms with Crippen molar-refractivity contribution in [1.29, 1.82) is 0 Å². The Hall–Kier alpha value is -1.03. The highest BCUT2D eigenvalue weighted by atomic mass is 35.5. The molecule has 1 aromatic heterocycles. The lowest BCUT2D eigenvalue weighted by atomic mass is 10.0. The summed E-state index contributed by atoms with van der Waals surface area (Å²) < 4.78 is 1.98. The molecule has 2 aromatic rings. The lowest BCUT2D eigenvalue weighted by Crippen LogP contribution is -2.31. The highest BCUT2D eigenvalue weighted by Crippen LogP contribution is 2.23. The molecular weight excluding hydrogens is 305 g/mol. The maximum absolute atomic E-state index is 6.39. The van der Waals surface area contributed by atoms with Crippen molar-refractivity contribution in [1.82, 2.24) is 15.1 Å². The molecule has 3 nitrogen and oxygen atoms in total. The van der Waals surface area contributed by atoms with Gasteiger partial charge in [-0.25, -0.2) is 0 Å². The van der Waals surface area contributed by atoms with Crippen LogP contribution in [-0.2, 0) is 19.4 Å². The quantitative estimate of drug-likeness (QED) is 0.873. The van der Waals surface area contributed by atoms with Crippen LogP contribution in [0.1, 0.15) is 23.9 Å². The SMILES string of the molecule is CCn1nc(C)c(Cl)c1CC(Cc1ccccc1Cl)NC. The van der Waals surface area contributed by atoms with E-state index in [9.17, 15) is 0 Å².